The van der Waals surface area contributed by atoms with Gasteiger partial charge in [-0.2, -0.15) is 0 Å². The maximum absolute atomic E-state index is 11.5. The summed E-state index contributed by atoms with van der Waals surface area (Å²) in [5.41, 5.74) is 2.42. The van der Waals surface area contributed by atoms with Crippen LogP contribution in [0.5, 0.6) is 0 Å². The van der Waals surface area contributed by atoms with Gasteiger partial charge in [0.05, 0.1) is 24.2 Å². The van der Waals surface area contributed by atoms with E-state index in [-0.39, 0.29) is 6.04 Å². The van der Waals surface area contributed by atoms with Crippen molar-refractivity contribution in [1.29, 1.82) is 0 Å². The number of thiazole rings is 1. The highest BCUT2D eigenvalue weighted by atomic mass is 32.2. The Morgan fingerprint density at radius 1 is 1.35 bits per heavy atom. The Hall–Kier alpha value is -1.64. The van der Waals surface area contributed by atoms with E-state index in [1.165, 1.54) is 28.9 Å². The Morgan fingerprint density at radius 2 is 2.00 bits per heavy atom. The number of aromatic nitrogens is 1. The van der Waals surface area contributed by atoms with Crippen molar-refractivity contribution in [2.75, 3.05) is 36.6 Å². The van der Waals surface area contributed by atoms with E-state index in [9.17, 15) is 8.42 Å². The number of sulfonamides is 1. The molecular weight excluding hydrogens is 334 g/mol. The van der Waals surface area contributed by atoms with E-state index in [4.69, 9.17) is 4.74 Å². The Bertz CT molecular complexity index is 742. The normalized spacial score (nSPS) is 12.9. The van der Waals surface area contributed by atoms with Crippen LogP contribution >= 0.6 is 11.3 Å². The summed E-state index contributed by atoms with van der Waals surface area (Å²) < 4.78 is 29.4. The smallest absolute Gasteiger partial charge is 0.231 e. The molecule has 1 aromatic heterocycles. The monoisotopic (exact) mass is 355 g/mol. The zero-order chi connectivity index (χ0) is 17.0. The first kappa shape index (κ1) is 17.7. The third-order valence-corrected chi connectivity index (χ3v) is 5.29. The van der Waals surface area contributed by atoms with Crippen LogP contribution in [0.3, 0.4) is 0 Å². The summed E-state index contributed by atoms with van der Waals surface area (Å²) in [4.78, 5) is 4.55. The van der Waals surface area contributed by atoms with Crippen molar-refractivity contribution in [3.8, 4) is 11.3 Å². The van der Waals surface area contributed by atoms with Gasteiger partial charge in [0.25, 0.3) is 0 Å². The summed E-state index contributed by atoms with van der Waals surface area (Å²) in [5, 5.41) is 6.08. The number of hydrogen-bond donors (Lipinski definition) is 1. The number of nitrogens with one attached hydrogen (secondary N) is 1. The molecular formula is C15H21N3O3S2. The first-order valence-electron chi connectivity index (χ1n) is 7.06. The van der Waals surface area contributed by atoms with Crippen LogP contribution in [0.2, 0.25) is 0 Å². The first-order chi connectivity index (χ1) is 10.8. The van der Waals surface area contributed by atoms with Crippen molar-refractivity contribution in [2.24, 2.45) is 0 Å². The Labute approximate surface area is 141 Å². The molecule has 23 heavy (non-hydrogen) atoms. The fraction of sp³-hybridized carbons (Fsp3) is 0.400. The lowest BCUT2D eigenvalue weighted by atomic mass is 10.1. The van der Waals surface area contributed by atoms with E-state index in [1.807, 2.05) is 24.4 Å². The number of benzene rings is 1. The minimum atomic E-state index is -3.25. The van der Waals surface area contributed by atoms with Gasteiger partial charge in [0, 0.05) is 31.1 Å². The second kappa shape index (κ2) is 7.29. The van der Waals surface area contributed by atoms with Crippen molar-refractivity contribution in [3.05, 3.63) is 29.6 Å². The average Bonchev–Trinajstić information content (AvgIpc) is 2.94. The molecule has 1 heterocycles. The fourth-order valence-electron chi connectivity index (χ4n) is 2.01. The summed E-state index contributed by atoms with van der Waals surface area (Å²) in [5.74, 6) is 0. The van der Waals surface area contributed by atoms with Gasteiger partial charge in [-0.25, -0.2) is 13.4 Å². The molecule has 2 rings (SSSR count). The Morgan fingerprint density at radius 3 is 2.57 bits per heavy atom. The van der Waals surface area contributed by atoms with E-state index in [0.29, 0.717) is 12.3 Å². The third kappa shape index (κ3) is 4.66. The minimum Gasteiger partial charge on any atom is -0.383 e. The molecule has 0 spiro atoms. The molecule has 0 amide bonds. The maximum atomic E-state index is 11.5. The van der Waals surface area contributed by atoms with Crippen molar-refractivity contribution in [1.82, 2.24) is 4.98 Å². The summed E-state index contributed by atoms with van der Waals surface area (Å²) in [6.07, 6.45) is 1.18. The molecule has 0 aliphatic carbocycles. The Kier molecular flexibility index (Phi) is 5.61. The van der Waals surface area contributed by atoms with Crippen molar-refractivity contribution in [2.45, 2.75) is 13.0 Å². The van der Waals surface area contributed by atoms with Crippen molar-refractivity contribution in [3.63, 3.8) is 0 Å². The van der Waals surface area contributed by atoms with Gasteiger partial charge in [0.2, 0.25) is 10.0 Å². The molecule has 2 aromatic rings. The molecule has 6 nitrogen and oxygen atoms in total. The minimum absolute atomic E-state index is 0.185. The van der Waals surface area contributed by atoms with E-state index < -0.39 is 10.0 Å². The van der Waals surface area contributed by atoms with Gasteiger partial charge in [0.15, 0.2) is 5.13 Å². The molecule has 0 bridgehead atoms. The molecule has 0 aliphatic heterocycles. The van der Waals surface area contributed by atoms with Gasteiger partial charge in [-0.05, 0) is 19.1 Å². The van der Waals surface area contributed by atoms with Gasteiger partial charge < -0.3 is 10.1 Å². The predicted octanol–water partition coefficient (Wildman–Crippen LogP) is 2.65. The van der Waals surface area contributed by atoms with E-state index in [1.54, 1.807) is 19.2 Å². The molecule has 1 atom stereocenters. The van der Waals surface area contributed by atoms with Crippen LogP contribution in [0.15, 0.2) is 29.6 Å². The summed E-state index contributed by atoms with van der Waals surface area (Å²) in [6, 6.07) is 7.47. The zero-order valence-corrected chi connectivity index (χ0v) is 15.2. The van der Waals surface area contributed by atoms with Crippen LogP contribution in [0.4, 0.5) is 10.8 Å². The number of nitrogens with zero attached hydrogens (tertiary/aromatic N) is 2. The van der Waals surface area contributed by atoms with Crippen LogP contribution in [-0.2, 0) is 14.8 Å². The van der Waals surface area contributed by atoms with Gasteiger partial charge in [0.1, 0.15) is 0 Å². The van der Waals surface area contributed by atoms with Crippen LogP contribution < -0.4 is 9.62 Å². The number of rotatable bonds is 7. The standard InChI is InChI=1S/C15H21N3O3S2/c1-11(9-21-3)16-15-17-14(10-22-15)12-5-7-13(8-6-12)18(2)23(4,19)20/h5-8,10-11H,9H2,1-4H3,(H,16,17)/t11-/m0/s1. The van der Waals surface area contributed by atoms with Gasteiger partial charge >= 0.3 is 0 Å². The van der Waals surface area contributed by atoms with Crippen LogP contribution in [-0.4, -0.2) is 46.5 Å². The molecule has 0 aliphatic rings. The predicted molar refractivity (Wildman–Crippen MR) is 95.8 cm³/mol. The van der Waals surface area contributed by atoms with Crippen molar-refractivity contribution < 1.29 is 13.2 Å². The molecule has 0 saturated carbocycles. The molecule has 0 radical (unpaired) electrons. The topological polar surface area (TPSA) is 71.5 Å². The van der Waals surface area contributed by atoms with Crippen LogP contribution in [0.1, 0.15) is 6.92 Å². The van der Waals surface area contributed by atoms with E-state index >= 15 is 0 Å². The Balaban J connectivity index is 2.13. The van der Waals surface area contributed by atoms with Crippen LogP contribution in [0.25, 0.3) is 11.3 Å². The second-order valence-electron chi connectivity index (χ2n) is 5.32. The van der Waals surface area contributed by atoms with E-state index in [2.05, 4.69) is 10.3 Å². The molecule has 1 N–H and O–H groups in total. The molecule has 8 heteroatoms. The third-order valence-electron chi connectivity index (χ3n) is 3.31. The molecule has 1 aromatic carbocycles. The summed E-state index contributed by atoms with van der Waals surface area (Å²) in [7, 11) is -0.0490. The number of ether oxygens (including phenoxy) is 1. The van der Waals surface area contributed by atoms with Gasteiger partial charge in [-0.3, -0.25) is 4.31 Å². The zero-order valence-electron chi connectivity index (χ0n) is 13.6. The van der Waals surface area contributed by atoms with Gasteiger partial charge in [-0.1, -0.05) is 12.1 Å². The SMILES string of the molecule is COC[C@H](C)Nc1nc(-c2ccc(N(C)S(C)(=O)=O)cc2)cs1. The first-order valence-corrected chi connectivity index (χ1v) is 9.79. The highest BCUT2D eigenvalue weighted by molar-refractivity contribution is 7.92. The molecule has 0 saturated heterocycles. The summed E-state index contributed by atoms with van der Waals surface area (Å²) in [6.45, 7) is 2.64. The highest BCUT2D eigenvalue weighted by Gasteiger charge is 2.12. The van der Waals surface area contributed by atoms with Crippen molar-refractivity contribution >= 4 is 32.2 Å². The number of anilines is 2. The fourth-order valence-corrected chi connectivity index (χ4v) is 3.35. The van der Waals surface area contributed by atoms with E-state index in [0.717, 1.165) is 16.4 Å². The molecule has 0 unspecified atom stereocenters. The average molecular weight is 355 g/mol. The second-order valence-corrected chi connectivity index (χ2v) is 8.19. The number of methoxy groups -OCH3 is 1. The van der Waals surface area contributed by atoms with Crippen LogP contribution in [0, 0.1) is 0 Å². The maximum Gasteiger partial charge on any atom is 0.231 e. The quantitative estimate of drug-likeness (QED) is 0.827. The van der Waals surface area contributed by atoms with Gasteiger partial charge in [-0.15, -0.1) is 11.3 Å². The summed E-state index contributed by atoms with van der Waals surface area (Å²) >= 11 is 1.53. The lowest BCUT2D eigenvalue weighted by molar-refractivity contribution is 0.190. The highest BCUT2D eigenvalue weighted by Crippen LogP contribution is 2.27. The lowest BCUT2D eigenvalue weighted by Crippen LogP contribution is -2.24. The lowest BCUT2D eigenvalue weighted by Gasteiger charge is -2.16. The molecule has 0 fully saturated rings. The largest absolute Gasteiger partial charge is 0.383 e. The molecule has 126 valence electrons. The number of hydrogen-bond acceptors (Lipinski definition) is 6.